The third kappa shape index (κ3) is 35.0. The van der Waals surface area contributed by atoms with Gasteiger partial charge in [0.25, 0.3) is 0 Å². The molecule has 0 amide bonds. The molecular weight excluding hydrogens is 816 g/mol. The van der Waals surface area contributed by atoms with Crippen LogP contribution in [-0.2, 0) is 61.4 Å². The van der Waals surface area contributed by atoms with Crippen LogP contribution in [0, 0.1) is 13.8 Å². The molecule has 0 aromatic heterocycles. The number of nitrogen functional groups attached to an aromatic ring is 1. The molecule has 0 saturated heterocycles. The molecule has 0 fully saturated rings. The molecule has 0 saturated carbocycles. The molecule has 18 heteroatoms. The third-order valence-corrected chi connectivity index (χ3v) is 6.67. The SMILES string of the molecule is C/C=C(\CC)C(=O)OCC.CCOC(=O)/C(=C/Nc1ccc(C)c(Br)c1)CC.Cc1ccc(N)cc1Br.O=C=O.O=C=O.O=S=O.O=S=O. The number of anilines is 2. The molecule has 0 aliphatic heterocycles. The highest BCUT2D eigenvalue weighted by Crippen LogP contribution is 2.21. The van der Waals surface area contributed by atoms with Crippen LogP contribution in [0.25, 0.3) is 0 Å². The van der Waals surface area contributed by atoms with Crippen molar-refractivity contribution in [2.24, 2.45) is 0 Å². The number of hydrogen-bond acceptors (Lipinski definition) is 14. The fraction of sp³-hybridized carbons (Fsp3) is 0.355. The maximum Gasteiger partial charge on any atom is 0.373 e. The minimum absolute atomic E-state index is 0.187. The standard InChI is InChI=1S/C14H18BrNO2.C8H14O2.C7H8BrN.2CO2.2O2S/c1-4-11(14(17)18-5-2)9-16-12-7-6-10(3)13(15)8-12;1-4-7(5-2)8(9)10-6-3;1-5-2-3-6(9)4-7(5)8;2*2-1-3;2*1-3-2/h6-9,16H,4-5H2,1-3H3;4H,5-6H2,1-3H3;2-4H,9H2,1H3;;;;/b11-9+;7-4+;;;;;. The minimum Gasteiger partial charge on any atom is -0.463 e. The molecule has 0 radical (unpaired) electrons. The molecular formula is C31H40Br2N2O12S2. The first-order chi connectivity index (χ1) is 23.2. The highest BCUT2D eigenvalue weighted by Gasteiger charge is 2.08. The lowest BCUT2D eigenvalue weighted by molar-refractivity contribution is -0.193. The van der Waals surface area contributed by atoms with E-state index in [-0.39, 0.29) is 24.2 Å². The van der Waals surface area contributed by atoms with Crippen LogP contribution in [-0.4, -0.2) is 54.3 Å². The third-order valence-electron chi connectivity index (χ3n) is 4.97. The van der Waals surface area contributed by atoms with E-state index in [2.05, 4.69) is 37.2 Å². The second-order valence-electron chi connectivity index (χ2n) is 8.05. The van der Waals surface area contributed by atoms with Gasteiger partial charge in [-0.3, -0.25) is 0 Å². The summed E-state index contributed by atoms with van der Waals surface area (Å²) >= 11 is 5.34. The molecule has 3 N–H and O–H groups in total. The summed E-state index contributed by atoms with van der Waals surface area (Å²) in [5.74, 6) is -0.453. The fourth-order valence-electron chi connectivity index (χ4n) is 2.68. The van der Waals surface area contributed by atoms with Gasteiger partial charge in [0.1, 0.15) is 0 Å². The van der Waals surface area contributed by atoms with Crippen LogP contribution in [0.15, 0.2) is 68.8 Å². The maximum absolute atomic E-state index is 11.6. The molecule has 0 aliphatic rings. The van der Waals surface area contributed by atoms with E-state index < -0.39 is 23.1 Å². The Morgan fingerprint density at radius 3 is 1.43 bits per heavy atom. The Kier molecular flexibility index (Phi) is 44.3. The van der Waals surface area contributed by atoms with E-state index in [1.54, 1.807) is 26.1 Å². The number of carbonyl (C=O) groups is 2. The lowest BCUT2D eigenvalue weighted by atomic mass is 10.2. The number of nitrogens with one attached hydrogen (secondary N) is 1. The van der Waals surface area contributed by atoms with Gasteiger partial charge < -0.3 is 20.5 Å². The summed E-state index contributed by atoms with van der Waals surface area (Å²) in [6.45, 7) is 14.2. The molecule has 2 aromatic carbocycles. The summed E-state index contributed by atoms with van der Waals surface area (Å²) in [6, 6.07) is 11.7. The van der Waals surface area contributed by atoms with Crippen LogP contribution < -0.4 is 11.1 Å². The first kappa shape index (κ1) is 54.3. The Morgan fingerprint density at radius 2 is 1.12 bits per heavy atom. The van der Waals surface area contributed by atoms with Crippen molar-refractivity contribution in [2.45, 2.75) is 61.3 Å². The van der Waals surface area contributed by atoms with E-state index in [9.17, 15) is 9.59 Å². The Bertz CT molecular complexity index is 1400. The van der Waals surface area contributed by atoms with E-state index in [0.29, 0.717) is 25.2 Å². The summed E-state index contributed by atoms with van der Waals surface area (Å²) in [7, 11) is 0. The van der Waals surface area contributed by atoms with Crippen LogP contribution in [0.2, 0.25) is 0 Å². The highest BCUT2D eigenvalue weighted by molar-refractivity contribution is 9.10. The van der Waals surface area contributed by atoms with E-state index in [1.807, 2.05) is 71.0 Å². The second kappa shape index (κ2) is 40.0. The zero-order chi connectivity index (χ0) is 39.2. The number of benzene rings is 2. The molecule has 49 heavy (non-hydrogen) atoms. The van der Waals surface area contributed by atoms with Gasteiger partial charge in [0, 0.05) is 32.1 Å². The number of ether oxygens (including phenoxy) is 2. The molecule has 0 spiro atoms. The number of rotatable bonds is 8. The summed E-state index contributed by atoms with van der Waals surface area (Å²) in [5.41, 5.74) is 11.0. The predicted octanol–water partition coefficient (Wildman–Crippen LogP) is 5.76. The predicted molar refractivity (Wildman–Crippen MR) is 189 cm³/mol. The molecule has 14 nitrogen and oxygen atoms in total. The van der Waals surface area contributed by atoms with Crippen molar-refractivity contribution < 1.29 is 55.1 Å². The Hall–Kier alpha value is -4.18. The number of aryl methyl sites for hydroxylation is 2. The average molecular weight is 857 g/mol. The van der Waals surface area contributed by atoms with Crippen LogP contribution in [0.4, 0.5) is 11.4 Å². The molecule has 0 atom stereocenters. The van der Waals surface area contributed by atoms with Crippen molar-refractivity contribution in [1.29, 1.82) is 0 Å². The lowest BCUT2D eigenvalue weighted by Crippen LogP contribution is -2.08. The topological polar surface area (TPSA) is 227 Å². The van der Waals surface area contributed by atoms with Crippen LogP contribution in [0.5, 0.6) is 0 Å². The van der Waals surface area contributed by atoms with Crippen molar-refractivity contribution in [3.63, 3.8) is 0 Å². The van der Waals surface area contributed by atoms with Gasteiger partial charge in [-0.2, -0.15) is 36.0 Å². The first-order valence-corrected chi connectivity index (χ1v) is 16.7. The number of nitrogens with two attached hydrogens (primary N) is 1. The average Bonchev–Trinajstić information content (AvgIpc) is 3.04. The van der Waals surface area contributed by atoms with Gasteiger partial charge in [-0.15, -0.1) is 0 Å². The monoisotopic (exact) mass is 854 g/mol. The van der Waals surface area contributed by atoms with Crippen molar-refractivity contribution in [2.75, 3.05) is 24.3 Å². The smallest absolute Gasteiger partial charge is 0.373 e. The van der Waals surface area contributed by atoms with E-state index in [0.717, 1.165) is 32.3 Å². The number of carbonyl (C=O) groups excluding carboxylic acids is 6. The minimum atomic E-state index is -0.750. The van der Waals surface area contributed by atoms with Crippen molar-refractivity contribution in [1.82, 2.24) is 0 Å². The van der Waals surface area contributed by atoms with Gasteiger partial charge in [-0.05, 0) is 82.9 Å². The molecule has 0 heterocycles. The van der Waals surface area contributed by atoms with Crippen molar-refractivity contribution >= 4 is 90.6 Å². The number of hydrogen-bond donors (Lipinski definition) is 2. The molecule has 272 valence electrons. The zero-order valence-electron chi connectivity index (χ0n) is 28.0. The van der Waals surface area contributed by atoms with E-state index >= 15 is 0 Å². The Labute approximate surface area is 309 Å². The van der Waals surface area contributed by atoms with Crippen LogP contribution in [0.3, 0.4) is 0 Å². The summed E-state index contributed by atoms with van der Waals surface area (Å²) < 4.78 is 45.0. The van der Waals surface area contributed by atoms with E-state index in [4.69, 9.17) is 51.2 Å². The number of allylic oxidation sites excluding steroid dienone is 1. The van der Waals surface area contributed by atoms with Crippen LogP contribution >= 0.6 is 31.9 Å². The maximum atomic E-state index is 11.6. The lowest BCUT2D eigenvalue weighted by Gasteiger charge is -2.07. The summed E-state index contributed by atoms with van der Waals surface area (Å²) in [4.78, 5) is 55.0. The summed E-state index contributed by atoms with van der Waals surface area (Å²) in [6.07, 6.45) is 5.38. The van der Waals surface area contributed by atoms with Crippen LogP contribution in [0.1, 0.15) is 58.6 Å². The van der Waals surface area contributed by atoms with Crippen molar-refractivity contribution in [3.05, 3.63) is 79.9 Å². The zero-order valence-corrected chi connectivity index (χ0v) is 32.8. The molecule has 0 aliphatic carbocycles. The van der Waals surface area contributed by atoms with Gasteiger partial charge in [0.2, 0.25) is 0 Å². The van der Waals surface area contributed by atoms with Gasteiger partial charge in [-0.25, -0.2) is 9.59 Å². The molecule has 0 unspecified atom stereocenters. The molecule has 0 bridgehead atoms. The van der Waals surface area contributed by atoms with Crippen molar-refractivity contribution in [3.8, 4) is 0 Å². The molecule has 2 aromatic rings. The van der Waals surface area contributed by atoms with Gasteiger partial charge in [-0.1, -0.05) is 63.9 Å². The van der Waals surface area contributed by atoms with E-state index in [1.165, 1.54) is 11.1 Å². The van der Waals surface area contributed by atoms with Gasteiger partial charge in [0.15, 0.2) is 0 Å². The summed E-state index contributed by atoms with van der Waals surface area (Å²) in [5, 5.41) is 3.11. The Morgan fingerprint density at radius 1 is 0.755 bits per heavy atom. The second-order valence-corrected chi connectivity index (χ2v) is 10.0. The fourth-order valence-corrected chi connectivity index (χ4v) is 3.46. The first-order valence-electron chi connectivity index (χ1n) is 13.7. The van der Waals surface area contributed by atoms with Gasteiger partial charge >= 0.3 is 47.4 Å². The Balaban J connectivity index is -0.000000178. The quantitative estimate of drug-likeness (QED) is 0.183. The number of halogens is 2. The highest BCUT2D eigenvalue weighted by atomic mass is 79.9. The van der Waals surface area contributed by atoms with Gasteiger partial charge in [0.05, 0.1) is 18.8 Å². The molecule has 2 rings (SSSR count). The number of esters is 2. The normalized spacial score (nSPS) is 9.00. The largest absolute Gasteiger partial charge is 0.463 e.